The molecule has 2 bridgehead atoms. The third-order valence-corrected chi connectivity index (χ3v) is 5.08. The number of hydrogen-bond acceptors (Lipinski definition) is 2. The van der Waals surface area contributed by atoms with Crippen LogP contribution in [0.4, 0.5) is 10.1 Å². The lowest BCUT2D eigenvalue weighted by Crippen LogP contribution is -2.33. The molecule has 22 heavy (non-hydrogen) atoms. The summed E-state index contributed by atoms with van der Waals surface area (Å²) in [5.41, 5.74) is 2.89. The van der Waals surface area contributed by atoms with E-state index in [1.54, 1.807) is 0 Å². The van der Waals surface area contributed by atoms with Gasteiger partial charge in [-0.05, 0) is 38.1 Å². The van der Waals surface area contributed by atoms with Gasteiger partial charge in [-0.3, -0.25) is 9.59 Å². The van der Waals surface area contributed by atoms with Crippen LogP contribution in [0.2, 0.25) is 0 Å². The Balaban J connectivity index is 1.76. The largest absolute Gasteiger partial charge is 0.274 e. The molecule has 112 valence electrons. The average molecular weight is 297 g/mol. The Kier molecular flexibility index (Phi) is 2.68. The van der Waals surface area contributed by atoms with Gasteiger partial charge >= 0.3 is 0 Å². The summed E-state index contributed by atoms with van der Waals surface area (Å²) in [5, 5.41) is 0. The maximum Gasteiger partial charge on any atom is 0.238 e. The van der Waals surface area contributed by atoms with Gasteiger partial charge in [0, 0.05) is 11.8 Å². The summed E-state index contributed by atoms with van der Waals surface area (Å²) < 4.78 is 13.1. The van der Waals surface area contributed by atoms with E-state index >= 15 is 0 Å². The van der Waals surface area contributed by atoms with Gasteiger partial charge in [0.1, 0.15) is 5.82 Å². The van der Waals surface area contributed by atoms with Gasteiger partial charge in [-0.1, -0.05) is 23.3 Å². The molecule has 2 amide bonds. The highest BCUT2D eigenvalue weighted by Gasteiger charge is 2.61. The molecular formula is C18H16FNO2. The second-order valence-corrected chi connectivity index (χ2v) is 6.43. The van der Waals surface area contributed by atoms with Crippen LogP contribution in [0.3, 0.4) is 0 Å². The molecule has 1 aliphatic heterocycles. The second kappa shape index (κ2) is 4.38. The first-order valence-electron chi connectivity index (χ1n) is 7.49. The second-order valence-electron chi connectivity index (χ2n) is 6.43. The third kappa shape index (κ3) is 1.55. The number of fused-ring (bicyclic) bond motifs is 5. The number of hydrogen-bond donors (Lipinski definition) is 0. The predicted octanol–water partition coefficient (Wildman–Crippen LogP) is 3.08. The summed E-state index contributed by atoms with van der Waals surface area (Å²) in [6.45, 7) is 4.08. The molecule has 0 N–H and O–H groups in total. The molecule has 2 aliphatic carbocycles. The topological polar surface area (TPSA) is 37.4 Å². The first kappa shape index (κ1) is 13.4. The van der Waals surface area contributed by atoms with Crippen molar-refractivity contribution in [2.75, 3.05) is 4.90 Å². The summed E-state index contributed by atoms with van der Waals surface area (Å²) in [4.78, 5) is 26.8. The molecule has 2 fully saturated rings. The van der Waals surface area contributed by atoms with E-state index in [2.05, 4.69) is 12.2 Å². The minimum Gasteiger partial charge on any atom is -0.274 e. The number of halogens is 1. The lowest BCUT2D eigenvalue weighted by atomic mass is 9.85. The highest BCUT2D eigenvalue weighted by molar-refractivity contribution is 6.23. The number of benzene rings is 1. The first-order valence-corrected chi connectivity index (χ1v) is 7.49. The number of amides is 2. The number of rotatable bonds is 1. The van der Waals surface area contributed by atoms with E-state index in [4.69, 9.17) is 0 Å². The minimum atomic E-state index is -0.378. The van der Waals surface area contributed by atoms with Crippen LogP contribution >= 0.6 is 0 Å². The molecule has 0 unspecified atom stereocenters. The Labute approximate surface area is 128 Å². The molecule has 1 saturated carbocycles. The van der Waals surface area contributed by atoms with Crippen LogP contribution in [-0.2, 0) is 9.59 Å². The Morgan fingerprint density at radius 1 is 0.955 bits per heavy atom. The minimum absolute atomic E-state index is 0.0434. The normalized spacial score (nSPS) is 32.1. The lowest BCUT2D eigenvalue weighted by molar-refractivity contribution is -0.122. The molecule has 0 aromatic heterocycles. The molecular weight excluding hydrogens is 281 g/mol. The van der Waals surface area contributed by atoms with E-state index in [0.29, 0.717) is 5.69 Å². The van der Waals surface area contributed by atoms with Crippen molar-refractivity contribution >= 4 is 17.5 Å². The number of carbonyl (C=O) groups is 2. The molecule has 4 rings (SSSR count). The van der Waals surface area contributed by atoms with Crippen molar-refractivity contribution in [3.05, 3.63) is 53.4 Å². The maximum absolute atomic E-state index is 13.1. The van der Waals surface area contributed by atoms with Crippen LogP contribution in [0, 0.1) is 29.5 Å². The summed E-state index contributed by atoms with van der Waals surface area (Å²) in [7, 11) is 0. The Morgan fingerprint density at radius 3 is 1.91 bits per heavy atom. The summed E-state index contributed by atoms with van der Waals surface area (Å²) >= 11 is 0. The van der Waals surface area contributed by atoms with E-state index in [9.17, 15) is 14.0 Å². The van der Waals surface area contributed by atoms with Crippen LogP contribution < -0.4 is 4.90 Å². The van der Waals surface area contributed by atoms with Gasteiger partial charge in [-0.25, -0.2) is 9.29 Å². The van der Waals surface area contributed by atoms with Crippen molar-refractivity contribution in [1.82, 2.24) is 0 Å². The van der Waals surface area contributed by atoms with Crippen LogP contribution in [-0.4, -0.2) is 11.8 Å². The highest BCUT2D eigenvalue weighted by Crippen LogP contribution is 2.57. The molecule has 3 aliphatic rings. The van der Waals surface area contributed by atoms with Gasteiger partial charge < -0.3 is 0 Å². The quantitative estimate of drug-likeness (QED) is 0.590. The summed E-state index contributed by atoms with van der Waals surface area (Å²) in [6, 6.07) is 5.53. The van der Waals surface area contributed by atoms with Crippen molar-refractivity contribution in [2.45, 2.75) is 13.8 Å². The fourth-order valence-electron chi connectivity index (χ4n) is 4.27. The van der Waals surface area contributed by atoms with Gasteiger partial charge in [0.15, 0.2) is 0 Å². The molecule has 0 spiro atoms. The fourth-order valence-corrected chi connectivity index (χ4v) is 4.27. The van der Waals surface area contributed by atoms with E-state index < -0.39 is 0 Å². The molecule has 4 atom stereocenters. The third-order valence-electron chi connectivity index (χ3n) is 5.08. The zero-order valence-electron chi connectivity index (χ0n) is 12.4. The number of nitrogens with zero attached hydrogens (tertiary/aromatic N) is 1. The monoisotopic (exact) mass is 297 g/mol. The Hall–Kier alpha value is -2.23. The molecule has 1 aromatic carbocycles. The van der Waals surface area contributed by atoms with Crippen molar-refractivity contribution in [3.63, 3.8) is 0 Å². The molecule has 0 radical (unpaired) electrons. The van der Waals surface area contributed by atoms with Gasteiger partial charge in [0.25, 0.3) is 0 Å². The highest BCUT2D eigenvalue weighted by atomic mass is 19.1. The molecule has 4 heteroatoms. The summed E-state index contributed by atoms with van der Waals surface area (Å²) in [5.74, 6) is -1.19. The van der Waals surface area contributed by atoms with Gasteiger partial charge in [-0.2, -0.15) is 0 Å². The van der Waals surface area contributed by atoms with Crippen molar-refractivity contribution in [2.24, 2.45) is 23.7 Å². The zero-order valence-corrected chi connectivity index (χ0v) is 12.4. The van der Waals surface area contributed by atoms with E-state index in [1.165, 1.54) is 40.3 Å². The summed E-state index contributed by atoms with van der Waals surface area (Å²) in [6.07, 6.45) is 4.13. The zero-order chi connectivity index (χ0) is 15.6. The maximum atomic E-state index is 13.1. The van der Waals surface area contributed by atoms with Gasteiger partial charge in [-0.15, -0.1) is 0 Å². The fraction of sp³-hybridized carbons (Fsp3) is 0.333. The molecule has 1 saturated heterocycles. The van der Waals surface area contributed by atoms with Gasteiger partial charge in [0.05, 0.1) is 17.5 Å². The van der Waals surface area contributed by atoms with Crippen LogP contribution in [0.5, 0.6) is 0 Å². The van der Waals surface area contributed by atoms with Crippen molar-refractivity contribution in [3.8, 4) is 0 Å². The molecule has 3 nitrogen and oxygen atoms in total. The van der Waals surface area contributed by atoms with Crippen LogP contribution in [0.15, 0.2) is 47.6 Å². The smallest absolute Gasteiger partial charge is 0.238 e. The average Bonchev–Trinajstić information content (AvgIpc) is 3.11. The lowest BCUT2D eigenvalue weighted by Gasteiger charge is -2.19. The standard InChI is InChI=1S/C18H16FNO2/c1-9(2)14-12-7-8-13(14)16-15(12)17(21)20(18(16)22)11-5-3-10(19)4-6-11/h3-8,12-13,15-16H,1-2H3/t12-,13-,15+,16+/m1/s1. The van der Waals surface area contributed by atoms with E-state index in [-0.39, 0.29) is 41.3 Å². The number of imide groups is 1. The van der Waals surface area contributed by atoms with Crippen LogP contribution in [0.25, 0.3) is 0 Å². The number of carbonyl (C=O) groups excluding carboxylic acids is 2. The van der Waals surface area contributed by atoms with Crippen molar-refractivity contribution < 1.29 is 14.0 Å². The van der Waals surface area contributed by atoms with Crippen molar-refractivity contribution in [1.29, 1.82) is 0 Å². The predicted molar refractivity (Wildman–Crippen MR) is 80.4 cm³/mol. The van der Waals surface area contributed by atoms with Crippen LogP contribution in [0.1, 0.15) is 13.8 Å². The first-order chi connectivity index (χ1) is 10.5. The SMILES string of the molecule is CC(C)=C1[C@H]2C=C[C@H]1[C@@H]1C(=O)N(c3ccc(F)cc3)C(=O)[C@H]12. The number of allylic oxidation sites excluding steroid dienone is 4. The Morgan fingerprint density at radius 2 is 1.45 bits per heavy atom. The number of anilines is 1. The Bertz CT molecular complexity index is 709. The molecule has 1 heterocycles. The van der Waals surface area contributed by atoms with E-state index in [0.717, 1.165) is 0 Å². The van der Waals surface area contributed by atoms with Gasteiger partial charge in [0.2, 0.25) is 11.8 Å². The molecule has 1 aromatic rings. The van der Waals surface area contributed by atoms with E-state index in [1.807, 2.05) is 13.8 Å².